The van der Waals surface area contributed by atoms with Crippen LogP contribution in [-0.2, 0) is 11.3 Å². The molecular weight excluding hydrogens is 302 g/mol. The van der Waals surface area contributed by atoms with Gasteiger partial charge in [0.15, 0.2) is 6.04 Å². The maximum absolute atomic E-state index is 12.3. The second kappa shape index (κ2) is 8.83. The third kappa shape index (κ3) is 5.34. The lowest BCUT2D eigenvalue weighted by Crippen LogP contribution is -3.12. The Morgan fingerprint density at radius 3 is 2.54 bits per heavy atom. The molecule has 0 bridgehead atoms. The minimum Gasteiger partial charge on any atom is -0.335 e. The van der Waals surface area contributed by atoms with Gasteiger partial charge in [0.2, 0.25) is 0 Å². The average Bonchev–Trinajstić information content (AvgIpc) is 2.57. The molecular formula is C19H30N3O2+. The first-order valence-electron chi connectivity index (χ1n) is 8.95. The van der Waals surface area contributed by atoms with Crippen LogP contribution in [0.4, 0.5) is 4.79 Å². The van der Waals surface area contributed by atoms with E-state index in [1.807, 2.05) is 26.1 Å². The van der Waals surface area contributed by atoms with Crippen molar-refractivity contribution in [1.82, 2.24) is 10.6 Å². The minimum absolute atomic E-state index is 0.207. The molecule has 0 saturated heterocycles. The van der Waals surface area contributed by atoms with Gasteiger partial charge in [-0.1, -0.05) is 43.5 Å². The van der Waals surface area contributed by atoms with Crippen LogP contribution < -0.4 is 15.5 Å². The number of nitrogens with one attached hydrogen (secondary N) is 3. The maximum atomic E-state index is 12.3. The molecule has 3 N–H and O–H groups in total. The van der Waals surface area contributed by atoms with Crippen molar-refractivity contribution in [2.45, 2.75) is 64.6 Å². The SMILES string of the molecule is Cc1ccccc1C[NH+](C)[C@@H](C)C(=O)NC(=O)NC1CCCCC1. The van der Waals surface area contributed by atoms with Crippen molar-refractivity contribution in [2.75, 3.05) is 7.05 Å². The summed E-state index contributed by atoms with van der Waals surface area (Å²) in [6.45, 7) is 4.69. The van der Waals surface area contributed by atoms with Crippen LogP contribution in [0.15, 0.2) is 24.3 Å². The molecule has 1 fully saturated rings. The number of carbonyl (C=O) groups is 2. The molecule has 1 aromatic rings. The second-order valence-corrected chi connectivity index (χ2v) is 6.97. The normalized spacial score (nSPS) is 17.8. The number of imide groups is 1. The van der Waals surface area contributed by atoms with Gasteiger partial charge < -0.3 is 10.2 Å². The summed E-state index contributed by atoms with van der Waals surface area (Å²) in [5, 5.41) is 5.42. The largest absolute Gasteiger partial charge is 0.335 e. The van der Waals surface area contributed by atoms with Gasteiger partial charge in [0.25, 0.3) is 5.91 Å². The van der Waals surface area contributed by atoms with Gasteiger partial charge in [0.05, 0.1) is 7.05 Å². The fourth-order valence-electron chi connectivity index (χ4n) is 3.17. The van der Waals surface area contributed by atoms with Crippen molar-refractivity contribution < 1.29 is 14.5 Å². The van der Waals surface area contributed by atoms with Gasteiger partial charge in [-0.3, -0.25) is 10.1 Å². The van der Waals surface area contributed by atoms with Gasteiger partial charge >= 0.3 is 6.03 Å². The first kappa shape index (κ1) is 18.5. The molecule has 1 saturated carbocycles. The zero-order valence-electron chi connectivity index (χ0n) is 15.0. The molecule has 5 nitrogen and oxygen atoms in total. The fourth-order valence-corrected chi connectivity index (χ4v) is 3.17. The average molecular weight is 332 g/mol. The van der Waals surface area contributed by atoms with Crippen molar-refractivity contribution in [3.8, 4) is 0 Å². The van der Waals surface area contributed by atoms with Crippen molar-refractivity contribution in [3.05, 3.63) is 35.4 Å². The third-order valence-corrected chi connectivity index (χ3v) is 5.04. The highest BCUT2D eigenvalue weighted by Crippen LogP contribution is 2.17. The van der Waals surface area contributed by atoms with Gasteiger partial charge in [-0.15, -0.1) is 0 Å². The molecule has 24 heavy (non-hydrogen) atoms. The van der Waals surface area contributed by atoms with Crippen LogP contribution in [0, 0.1) is 6.92 Å². The number of carbonyl (C=O) groups excluding carboxylic acids is 2. The number of benzene rings is 1. The Bertz CT molecular complexity index is 567. The summed E-state index contributed by atoms with van der Waals surface area (Å²) in [5.74, 6) is -0.227. The Labute approximate surface area is 144 Å². The van der Waals surface area contributed by atoms with Crippen molar-refractivity contribution >= 4 is 11.9 Å². The molecule has 2 atom stereocenters. The molecule has 1 aliphatic rings. The predicted octanol–water partition coefficient (Wildman–Crippen LogP) is 1.56. The molecule has 0 heterocycles. The summed E-state index contributed by atoms with van der Waals surface area (Å²) >= 11 is 0. The highest BCUT2D eigenvalue weighted by molar-refractivity contribution is 5.96. The Hall–Kier alpha value is -1.88. The number of rotatable bonds is 5. The van der Waals surface area contributed by atoms with E-state index in [0.717, 1.165) is 37.1 Å². The van der Waals surface area contributed by atoms with Gasteiger partial charge in [-0.05, 0) is 32.3 Å². The highest BCUT2D eigenvalue weighted by atomic mass is 16.2. The van der Waals surface area contributed by atoms with Crippen LogP contribution in [0.1, 0.15) is 50.2 Å². The predicted molar refractivity (Wildman–Crippen MR) is 94.8 cm³/mol. The van der Waals surface area contributed by atoms with E-state index < -0.39 is 0 Å². The van der Waals surface area contributed by atoms with Crippen LogP contribution >= 0.6 is 0 Å². The second-order valence-electron chi connectivity index (χ2n) is 6.97. The Morgan fingerprint density at radius 1 is 1.21 bits per heavy atom. The van der Waals surface area contributed by atoms with Gasteiger partial charge in [-0.2, -0.15) is 0 Å². The first-order valence-corrected chi connectivity index (χ1v) is 8.95. The molecule has 0 spiro atoms. The molecule has 1 aliphatic carbocycles. The molecule has 0 radical (unpaired) electrons. The van der Waals surface area contributed by atoms with Crippen LogP contribution in [0.25, 0.3) is 0 Å². The van der Waals surface area contributed by atoms with E-state index in [-0.39, 0.29) is 24.0 Å². The molecule has 1 unspecified atom stereocenters. The number of hydrogen-bond donors (Lipinski definition) is 3. The number of aryl methyl sites for hydroxylation is 1. The van der Waals surface area contributed by atoms with Gasteiger partial charge in [0.1, 0.15) is 6.54 Å². The number of urea groups is 1. The lowest BCUT2D eigenvalue weighted by Gasteiger charge is -2.24. The van der Waals surface area contributed by atoms with E-state index in [1.54, 1.807) is 0 Å². The number of amides is 3. The maximum Gasteiger partial charge on any atom is 0.321 e. The Morgan fingerprint density at radius 2 is 1.88 bits per heavy atom. The molecule has 0 aromatic heterocycles. The standard InChI is InChI=1S/C19H29N3O2/c1-14-9-7-8-10-16(14)13-22(3)15(2)18(23)21-19(24)20-17-11-5-4-6-12-17/h7-10,15,17H,4-6,11-13H2,1-3H3,(H2,20,21,23,24)/p+1/t15-/m0/s1. The molecule has 132 valence electrons. The molecule has 2 rings (SSSR count). The van der Waals surface area contributed by atoms with E-state index in [2.05, 4.69) is 29.7 Å². The van der Waals surface area contributed by atoms with Crippen LogP contribution in [-0.4, -0.2) is 31.1 Å². The van der Waals surface area contributed by atoms with E-state index in [1.165, 1.54) is 17.5 Å². The monoisotopic (exact) mass is 332 g/mol. The van der Waals surface area contributed by atoms with Crippen LogP contribution in [0.2, 0.25) is 0 Å². The highest BCUT2D eigenvalue weighted by Gasteiger charge is 2.25. The molecule has 1 aromatic carbocycles. The zero-order chi connectivity index (χ0) is 17.5. The summed E-state index contributed by atoms with van der Waals surface area (Å²) < 4.78 is 0. The van der Waals surface area contributed by atoms with E-state index in [0.29, 0.717) is 0 Å². The summed E-state index contributed by atoms with van der Waals surface area (Å²) in [4.78, 5) is 25.4. The first-order chi connectivity index (χ1) is 11.5. The summed E-state index contributed by atoms with van der Waals surface area (Å²) in [6.07, 6.45) is 5.56. The Balaban J connectivity index is 1.82. The molecule has 0 aliphatic heterocycles. The topological polar surface area (TPSA) is 62.6 Å². The number of likely N-dealkylation sites (N-methyl/N-ethyl adjacent to an activating group) is 1. The molecule has 5 heteroatoms. The van der Waals surface area contributed by atoms with Gasteiger partial charge in [0, 0.05) is 11.6 Å². The summed E-state index contributed by atoms with van der Waals surface area (Å²) in [6, 6.07) is 7.74. The van der Waals surface area contributed by atoms with Crippen molar-refractivity contribution in [2.24, 2.45) is 0 Å². The van der Waals surface area contributed by atoms with E-state index in [4.69, 9.17) is 0 Å². The third-order valence-electron chi connectivity index (χ3n) is 5.04. The Kier molecular flexibility index (Phi) is 6.79. The molecule has 3 amide bonds. The smallest absolute Gasteiger partial charge is 0.321 e. The van der Waals surface area contributed by atoms with Gasteiger partial charge in [-0.25, -0.2) is 4.79 Å². The van der Waals surface area contributed by atoms with Crippen molar-refractivity contribution in [1.29, 1.82) is 0 Å². The lowest BCUT2D eigenvalue weighted by atomic mass is 9.96. The minimum atomic E-state index is -0.359. The van der Waals surface area contributed by atoms with Crippen molar-refractivity contribution in [3.63, 3.8) is 0 Å². The quantitative estimate of drug-likeness (QED) is 0.766. The van der Waals surface area contributed by atoms with E-state index in [9.17, 15) is 9.59 Å². The van der Waals surface area contributed by atoms with Crippen LogP contribution in [0.3, 0.4) is 0 Å². The fraction of sp³-hybridized carbons (Fsp3) is 0.579. The summed E-state index contributed by atoms with van der Waals surface area (Å²) in [5.41, 5.74) is 2.45. The van der Waals surface area contributed by atoms with Crippen LogP contribution in [0.5, 0.6) is 0 Å². The van der Waals surface area contributed by atoms with E-state index >= 15 is 0 Å². The summed E-state index contributed by atoms with van der Waals surface area (Å²) in [7, 11) is 1.98. The number of hydrogen-bond acceptors (Lipinski definition) is 2. The number of quaternary nitrogens is 1. The lowest BCUT2D eigenvalue weighted by molar-refractivity contribution is -0.908. The zero-order valence-corrected chi connectivity index (χ0v) is 15.0.